The van der Waals surface area contributed by atoms with Crippen LogP contribution in [0.1, 0.15) is 44.9 Å². The van der Waals surface area contributed by atoms with Crippen LogP contribution in [0.5, 0.6) is 0 Å². The number of allylic oxidation sites excluding steroid dienone is 5. The van der Waals surface area contributed by atoms with Gasteiger partial charge in [-0.25, -0.2) is 0 Å². The van der Waals surface area contributed by atoms with Crippen molar-refractivity contribution in [3.05, 3.63) is 77.8 Å². The lowest BCUT2D eigenvalue weighted by molar-refractivity contribution is -0.128. The molecule has 0 bridgehead atoms. The van der Waals surface area contributed by atoms with Crippen LogP contribution in [0.2, 0.25) is 0 Å². The lowest BCUT2D eigenvalue weighted by Gasteiger charge is -2.37. The Hall–Kier alpha value is -3.28. The Kier molecular flexibility index (Phi) is 9.98. The summed E-state index contributed by atoms with van der Waals surface area (Å²) < 4.78 is 0. The number of piperazine rings is 1. The zero-order valence-corrected chi connectivity index (χ0v) is 20.8. The van der Waals surface area contributed by atoms with Crippen molar-refractivity contribution in [2.75, 3.05) is 40.3 Å². The number of amides is 1. The van der Waals surface area contributed by atoms with Gasteiger partial charge in [-0.15, -0.1) is 0 Å². The van der Waals surface area contributed by atoms with E-state index >= 15 is 0 Å². The van der Waals surface area contributed by atoms with Gasteiger partial charge in [0.2, 0.25) is 0 Å². The van der Waals surface area contributed by atoms with Crippen LogP contribution in [0.4, 0.5) is 0 Å². The third-order valence-corrected chi connectivity index (χ3v) is 5.68. The molecule has 1 amide bonds. The number of carbonyl (C=O) groups excluding carboxylic acids is 1. The molecule has 2 N–H and O–H groups in total. The Morgan fingerprint density at radius 3 is 2.36 bits per heavy atom. The smallest absolute Gasteiger partial charge is 0.255 e. The average Bonchev–Trinajstić information content (AvgIpc) is 2.85. The third-order valence-electron chi connectivity index (χ3n) is 5.68. The zero-order chi connectivity index (χ0) is 24.4. The summed E-state index contributed by atoms with van der Waals surface area (Å²) >= 11 is 0. The van der Waals surface area contributed by atoms with Crippen LogP contribution < -0.4 is 5.73 Å². The molecule has 0 aromatic carbocycles. The van der Waals surface area contributed by atoms with Crippen LogP contribution in [-0.2, 0) is 4.79 Å². The summed E-state index contributed by atoms with van der Waals surface area (Å²) in [6.45, 7) is 13.1. The molecule has 3 rings (SSSR count). The van der Waals surface area contributed by atoms with Gasteiger partial charge in [0.05, 0.1) is 17.0 Å². The minimum absolute atomic E-state index is 0.0360. The summed E-state index contributed by atoms with van der Waals surface area (Å²) in [7, 11) is 4.02. The molecular formula is C27H39N5O. The highest BCUT2D eigenvalue weighted by Gasteiger charge is 2.25. The van der Waals surface area contributed by atoms with Crippen molar-refractivity contribution in [3.8, 4) is 0 Å². The molecule has 0 radical (unpaired) electrons. The van der Waals surface area contributed by atoms with Gasteiger partial charge in [0.15, 0.2) is 0 Å². The minimum Gasteiger partial charge on any atom is -0.401 e. The maximum absolute atomic E-state index is 12.8. The second-order valence-electron chi connectivity index (χ2n) is 8.01. The van der Waals surface area contributed by atoms with Crippen LogP contribution in [0.15, 0.2) is 66.6 Å². The van der Waals surface area contributed by atoms with E-state index in [-0.39, 0.29) is 5.91 Å². The molecule has 1 fully saturated rings. The fourth-order valence-electron chi connectivity index (χ4n) is 3.79. The molecule has 2 aliphatic rings. The standard InChI is InChI=1S/C25H33N5O.C2H6/c1-5-6-11-24(28(3)4)23-13-12-20(18-27-23)19(2)29-14-16-30(17-15-29)25(31)21-9-7-8-10-22(21)26;1-2/h5-7,9,11-13,18H,2,8,10,14-17,26H2,1,3-4H3;1-2H3/b6-5-,24-11-;. The van der Waals surface area contributed by atoms with Crippen LogP contribution in [0, 0.1) is 0 Å². The van der Waals surface area contributed by atoms with Crippen molar-refractivity contribution < 1.29 is 4.79 Å². The number of carbonyl (C=O) groups is 1. The number of rotatable bonds is 6. The first-order valence-corrected chi connectivity index (χ1v) is 11.8. The number of aromatic nitrogens is 1. The van der Waals surface area contributed by atoms with Gasteiger partial charge >= 0.3 is 0 Å². The Bertz CT molecular complexity index is 930. The number of nitrogens with zero attached hydrogens (tertiary/aromatic N) is 4. The van der Waals surface area contributed by atoms with Gasteiger partial charge in [-0.3, -0.25) is 9.78 Å². The van der Waals surface area contributed by atoms with Crippen molar-refractivity contribution in [2.45, 2.75) is 33.6 Å². The molecule has 1 aromatic heterocycles. The summed E-state index contributed by atoms with van der Waals surface area (Å²) in [6.07, 6.45) is 13.5. The van der Waals surface area contributed by atoms with Gasteiger partial charge in [-0.1, -0.05) is 44.7 Å². The maximum atomic E-state index is 12.8. The molecule has 2 heterocycles. The van der Waals surface area contributed by atoms with Gasteiger partial charge in [-0.05, 0) is 38.0 Å². The molecule has 6 nitrogen and oxygen atoms in total. The minimum atomic E-state index is 0.0360. The normalized spacial score (nSPS) is 16.6. The van der Waals surface area contributed by atoms with E-state index in [1.54, 1.807) is 0 Å². The molecule has 0 atom stereocenters. The van der Waals surface area contributed by atoms with E-state index in [2.05, 4.69) is 33.5 Å². The van der Waals surface area contributed by atoms with Crippen LogP contribution in [0.25, 0.3) is 11.4 Å². The average molecular weight is 450 g/mol. The molecule has 1 aliphatic heterocycles. The van der Waals surface area contributed by atoms with Crippen molar-refractivity contribution >= 4 is 17.3 Å². The van der Waals surface area contributed by atoms with E-state index in [9.17, 15) is 4.79 Å². The molecule has 1 aromatic rings. The Morgan fingerprint density at radius 1 is 1.15 bits per heavy atom. The molecular weight excluding hydrogens is 410 g/mol. The van der Waals surface area contributed by atoms with Crippen LogP contribution >= 0.6 is 0 Å². The Balaban J connectivity index is 0.00000187. The highest BCUT2D eigenvalue weighted by atomic mass is 16.2. The van der Waals surface area contributed by atoms with E-state index in [4.69, 9.17) is 5.73 Å². The first-order valence-electron chi connectivity index (χ1n) is 11.8. The van der Waals surface area contributed by atoms with Crippen molar-refractivity contribution in [3.63, 3.8) is 0 Å². The number of nitrogens with two attached hydrogens (primary N) is 1. The predicted molar refractivity (Wildman–Crippen MR) is 139 cm³/mol. The van der Waals surface area contributed by atoms with Crippen molar-refractivity contribution in [1.29, 1.82) is 0 Å². The quantitative estimate of drug-likeness (QED) is 0.657. The molecule has 178 valence electrons. The third kappa shape index (κ3) is 6.60. The largest absolute Gasteiger partial charge is 0.401 e. The van der Waals surface area contributed by atoms with E-state index in [1.807, 2.05) is 76.3 Å². The lowest BCUT2D eigenvalue weighted by atomic mass is 10.0. The topological polar surface area (TPSA) is 65.7 Å². The zero-order valence-electron chi connectivity index (χ0n) is 20.8. The SMILES string of the molecule is C=C(c1ccc(/C(=C/C=C\C)N(C)C)nc1)N1CCN(C(=O)C2=C(N)CCC=C2)CC1.CC. The Labute approximate surface area is 199 Å². The number of hydrogen-bond acceptors (Lipinski definition) is 5. The van der Waals surface area contributed by atoms with Gasteiger partial charge < -0.3 is 20.4 Å². The fourth-order valence-corrected chi connectivity index (χ4v) is 3.79. The molecule has 0 spiro atoms. The van der Waals surface area contributed by atoms with Gasteiger partial charge in [0.25, 0.3) is 5.91 Å². The summed E-state index contributed by atoms with van der Waals surface area (Å²) in [5, 5.41) is 0. The summed E-state index contributed by atoms with van der Waals surface area (Å²) in [4.78, 5) is 23.6. The van der Waals surface area contributed by atoms with Crippen molar-refractivity contribution in [1.82, 2.24) is 19.7 Å². The molecule has 33 heavy (non-hydrogen) atoms. The monoisotopic (exact) mass is 449 g/mol. The highest BCUT2D eigenvalue weighted by Crippen LogP contribution is 2.23. The summed E-state index contributed by atoms with van der Waals surface area (Å²) in [5.41, 5.74) is 11.3. The van der Waals surface area contributed by atoms with E-state index in [1.165, 1.54) is 0 Å². The molecule has 1 saturated heterocycles. The second-order valence-corrected chi connectivity index (χ2v) is 8.01. The van der Waals surface area contributed by atoms with E-state index in [0.717, 1.165) is 48.6 Å². The summed E-state index contributed by atoms with van der Waals surface area (Å²) in [5.74, 6) is 0.0360. The lowest BCUT2D eigenvalue weighted by Crippen LogP contribution is -2.48. The predicted octanol–water partition coefficient (Wildman–Crippen LogP) is 4.26. The van der Waals surface area contributed by atoms with Crippen LogP contribution in [0.3, 0.4) is 0 Å². The molecule has 1 aliphatic carbocycles. The Morgan fingerprint density at radius 2 is 1.82 bits per heavy atom. The second kappa shape index (κ2) is 12.7. The fraction of sp³-hybridized carbons (Fsp3) is 0.407. The van der Waals surface area contributed by atoms with Gasteiger partial charge in [-0.2, -0.15) is 0 Å². The van der Waals surface area contributed by atoms with Crippen molar-refractivity contribution in [2.24, 2.45) is 5.73 Å². The molecule has 0 saturated carbocycles. The maximum Gasteiger partial charge on any atom is 0.255 e. The summed E-state index contributed by atoms with van der Waals surface area (Å²) in [6, 6.07) is 4.09. The van der Waals surface area contributed by atoms with Gasteiger partial charge in [0, 0.05) is 63.4 Å². The number of hydrogen-bond donors (Lipinski definition) is 1. The first kappa shape index (κ1) is 26.0. The highest BCUT2D eigenvalue weighted by molar-refractivity contribution is 5.97. The molecule has 0 unspecified atom stereocenters. The molecule has 6 heteroatoms. The van der Waals surface area contributed by atoms with E-state index in [0.29, 0.717) is 24.4 Å². The number of pyridine rings is 1. The van der Waals surface area contributed by atoms with Gasteiger partial charge in [0.1, 0.15) is 0 Å². The van der Waals surface area contributed by atoms with Crippen LogP contribution in [-0.4, -0.2) is 65.9 Å². The first-order chi connectivity index (χ1) is 15.9. The van der Waals surface area contributed by atoms with E-state index < -0.39 is 0 Å².